The second kappa shape index (κ2) is 3.43. The van der Waals surface area contributed by atoms with Gasteiger partial charge in [-0.25, -0.2) is 18.3 Å². The summed E-state index contributed by atoms with van der Waals surface area (Å²) in [5.74, 6) is 0. The zero-order valence-electron chi connectivity index (χ0n) is 6.59. The summed E-state index contributed by atoms with van der Waals surface area (Å²) in [6, 6.07) is 0. The van der Waals surface area contributed by atoms with Crippen LogP contribution < -0.4 is 0 Å². The van der Waals surface area contributed by atoms with E-state index in [9.17, 15) is 8.78 Å². The van der Waals surface area contributed by atoms with Gasteiger partial charge in [-0.1, -0.05) is 11.6 Å². The van der Waals surface area contributed by atoms with Crippen molar-refractivity contribution < 1.29 is 8.78 Å². The fourth-order valence-corrected chi connectivity index (χ4v) is 1.66. The van der Waals surface area contributed by atoms with E-state index in [-0.39, 0.29) is 20.8 Å². The third-order valence-corrected chi connectivity index (χ3v) is 2.52. The van der Waals surface area contributed by atoms with Crippen molar-refractivity contribution in [2.24, 2.45) is 0 Å². The van der Waals surface area contributed by atoms with Crippen molar-refractivity contribution in [3.05, 3.63) is 27.6 Å². The van der Waals surface area contributed by atoms with E-state index in [4.69, 9.17) is 11.6 Å². The van der Waals surface area contributed by atoms with Crippen LogP contribution in [0.25, 0.3) is 5.65 Å². The lowest BCUT2D eigenvalue weighted by atomic mass is 10.4. The molecule has 2 aromatic heterocycles. The van der Waals surface area contributed by atoms with Gasteiger partial charge in [0.15, 0.2) is 5.65 Å². The van der Waals surface area contributed by atoms with Crippen molar-refractivity contribution in [1.29, 1.82) is 0 Å². The molecule has 2 aromatic rings. The molecule has 0 aliphatic rings. The second-order valence-corrected chi connectivity index (χ2v) is 3.80. The number of halogens is 4. The number of fused-ring (bicyclic) bond motifs is 1. The van der Waals surface area contributed by atoms with Gasteiger partial charge in [0, 0.05) is 6.20 Å². The third-order valence-electron chi connectivity index (χ3n) is 1.64. The Morgan fingerprint density at radius 3 is 2.86 bits per heavy atom. The molecule has 0 saturated carbocycles. The van der Waals surface area contributed by atoms with Gasteiger partial charge in [-0.15, -0.1) is 0 Å². The van der Waals surface area contributed by atoms with E-state index in [1.54, 1.807) is 0 Å². The minimum atomic E-state index is -2.64. The lowest BCUT2D eigenvalue weighted by Crippen LogP contribution is -1.97. The number of hydrogen-bond donors (Lipinski definition) is 0. The van der Waals surface area contributed by atoms with Gasteiger partial charge in [0.1, 0.15) is 10.7 Å². The molecule has 0 amide bonds. The smallest absolute Gasteiger partial charge is 0.225 e. The zero-order chi connectivity index (χ0) is 10.3. The normalized spacial score (nSPS) is 11.5. The van der Waals surface area contributed by atoms with E-state index < -0.39 is 6.43 Å². The molecule has 2 rings (SSSR count). The quantitative estimate of drug-likeness (QED) is 0.804. The zero-order valence-corrected chi connectivity index (χ0v) is 8.93. The summed E-state index contributed by atoms with van der Waals surface area (Å²) in [5, 5.41) is 4.08. The summed E-state index contributed by atoms with van der Waals surface area (Å²) in [4.78, 5) is 3.71. The predicted molar refractivity (Wildman–Crippen MR) is 50.7 cm³/mol. The topological polar surface area (TPSA) is 30.2 Å². The largest absolute Gasteiger partial charge is 0.281 e. The number of hydrogen-bond acceptors (Lipinski definition) is 2. The van der Waals surface area contributed by atoms with Crippen molar-refractivity contribution in [1.82, 2.24) is 14.6 Å². The van der Waals surface area contributed by atoms with Crippen LogP contribution in [0.15, 0.2) is 16.9 Å². The predicted octanol–water partition coefficient (Wildman–Crippen LogP) is 3.08. The summed E-state index contributed by atoms with van der Waals surface area (Å²) in [7, 11) is 0. The minimum Gasteiger partial charge on any atom is -0.225 e. The molecule has 0 bridgehead atoms. The molecule has 0 N–H and O–H groups in total. The van der Waals surface area contributed by atoms with E-state index >= 15 is 0 Å². The number of alkyl halides is 2. The summed E-state index contributed by atoms with van der Waals surface area (Å²) >= 11 is 8.68. The van der Waals surface area contributed by atoms with Crippen molar-refractivity contribution in [2.45, 2.75) is 6.43 Å². The van der Waals surface area contributed by atoms with Crippen LogP contribution in [0.5, 0.6) is 0 Å². The molecule has 0 spiro atoms. The lowest BCUT2D eigenvalue weighted by molar-refractivity contribution is 0.145. The summed E-state index contributed by atoms with van der Waals surface area (Å²) in [6.07, 6.45) is 0.113. The Labute approximate surface area is 90.8 Å². The number of rotatable bonds is 1. The molecule has 0 atom stereocenters. The molecule has 0 radical (unpaired) electrons. The molecular formula is C7H3BrClF2N3. The molecule has 0 fully saturated rings. The first-order valence-corrected chi connectivity index (χ1v) is 4.74. The first-order chi connectivity index (χ1) is 6.59. The molecule has 74 valence electrons. The first-order valence-electron chi connectivity index (χ1n) is 3.57. The van der Waals surface area contributed by atoms with E-state index in [0.717, 1.165) is 0 Å². The van der Waals surface area contributed by atoms with Crippen LogP contribution in [0.1, 0.15) is 12.1 Å². The molecule has 3 nitrogen and oxygen atoms in total. The Hall–Kier alpha value is -0.750. The standard InChI is InChI=1S/C7H3BrClF2N3/c8-3-2-14-7(4(9)1-12-14)13-5(3)6(10)11/h1-2,6H. The van der Waals surface area contributed by atoms with E-state index in [2.05, 4.69) is 26.0 Å². The fourth-order valence-electron chi connectivity index (χ4n) is 1.03. The highest BCUT2D eigenvalue weighted by molar-refractivity contribution is 9.10. The van der Waals surface area contributed by atoms with Crippen LogP contribution in [-0.2, 0) is 0 Å². The summed E-state index contributed by atoms with van der Waals surface area (Å²) in [5.41, 5.74) is -0.106. The molecule has 0 saturated heterocycles. The Balaban J connectivity index is 2.74. The summed E-state index contributed by atoms with van der Waals surface area (Å²) in [6.45, 7) is 0. The third kappa shape index (κ3) is 1.48. The van der Waals surface area contributed by atoms with Crippen LogP contribution >= 0.6 is 27.5 Å². The van der Waals surface area contributed by atoms with Gasteiger partial charge in [0.25, 0.3) is 6.43 Å². The van der Waals surface area contributed by atoms with Gasteiger partial charge >= 0.3 is 0 Å². The van der Waals surface area contributed by atoms with Gasteiger partial charge < -0.3 is 0 Å². The maximum absolute atomic E-state index is 12.4. The molecule has 0 aromatic carbocycles. The van der Waals surface area contributed by atoms with Crippen molar-refractivity contribution in [3.63, 3.8) is 0 Å². The van der Waals surface area contributed by atoms with Crippen molar-refractivity contribution in [3.8, 4) is 0 Å². The highest BCUT2D eigenvalue weighted by Gasteiger charge is 2.16. The van der Waals surface area contributed by atoms with Crippen LogP contribution in [-0.4, -0.2) is 14.6 Å². The SMILES string of the molecule is FC(F)c1nc2c(Cl)cnn2cc1Br. The minimum absolute atomic E-state index is 0.208. The van der Waals surface area contributed by atoms with E-state index in [1.165, 1.54) is 16.9 Å². The highest BCUT2D eigenvalue weighted by Crippen LogP contribution is 2.27. The van der Waals surface area contributed by atoms with Crippen molar-refractivity contribution >= 4 is 33.2 Å². The van der Waals surface area contributed by atoms with Gasteiger partial charge in [0.2, 0.25) is 0 Å². The molecule has 0 aliphatic heterocycles. The van der Waals surface area contributed by atoms with E-state index in [1.807, 2.05) is 0 Å². The molecule has 0 aliphatic carbocycles. The van der Waals surface area contributed by atoms with E-state index in [0.29, 0.717) is 0 Å². The Morgan fingerprint density at radius 2 is 2.21 bits per heavy atom. The second-order valence-electron chi connectivity index (χ2n) is 2.54. The van der Waals surface area contributed by atoms with Gasteiger partial charge in [-0.2, -0.15) is 5.10 Å². The number of nitrogens with zero attached hydrogens (tertiary/aromatic N) is 3. The maximum atomic E-state index is 12.4. The number of aromatic nitrogens is 3. The molecule has 14 heavy (non-hydrogen) atoms. The fraction of sp³-hybridized carbons (Fsp3) is 0.143. The molecule has 7 heteroatoms. The highest BCUT2D eigenvalue weighted by atomic mass is 79.9. The maximum Gasteiger partial charge on any atom is 0.281 e. The van der Waals surface area contributed by atoms with Crippen molar-refractivity contribution in [2.75, 3.05) is 0 Å². The Bertz CT molecular complexity index is 485. The average Bonchev–Trinajstić information content (AvgIpc) is 2.46. The molecule has 2 heterocycles. The monoisotopic (exact) mass is 281 g/mol. The van der Waals surface area contributed by atoms with Gasteiger partial charge in [-0.05, 0) is 15.9 Å². The van der Waals surface area contributed by atoms with Crippen LogP contribution in [0.4, 0.5) is 8.78 Å². The Kier molecular flexibility index (Phi) is 2.40. The van der Waals surface area contributed by atoms with Gasteiger partial charge in [0.05, 0.1) is 10.7 Å². The van der Waals surface area contributed by atoms with Crippen LogP contribution in [0, 0.1) is 0 Å². The Morgan fingerprint density at radius 1 is 1.50 bits per heavy atom. The summed E-state index contributed by atoms with van der Waals surface area (Å²) < 4.78 is 26.4. The average molecular weight is 282 g/mol. The van der Waals surface area contributed by atoms with Crippen LogP contribution in [0.2, 0.25) is 5.02 Å². The lowest BCUT2D eigenvalue weighted by Gasteiger charge is -2.02. The van der Waals surface area contributed by atoms with Gasteiger partial charge in [-0.3, -0.25) is 0 Å². The molecule has 0 unspecified atom stereocenters. The molecular weight excluding hydrogens is 279 g/mol. The first kappa shape index (κ1) is 9.79. The van der Waals surface area contributed by atoms with Crippen LogP contribution in [0.3, 0.4) is 0 Å².